The van der Waals surface area contributed by atoms with Crippen LogP contribution in [-0.4, -0.2) is 109 Å². The van der Waals surface area contributed by atoms with Crippen LogP contribution in [0.4, 0.5) is 17.3 Å². The Morgan fingerprint density at radius 1 is 1.07 bits per heavy atom. The van der Waals surface area contributed by atoms with E-state index in [4.69, 9.17) is 4.98 Å². The summed E-state index contributed by atoms with van der Waals surface area (Å²) in [5, 5.41) is 21.5. The summed E-state index contributed by atoms with van der Waals surface area (Å²) in [6.07, 6.45) is 7.21. The fraction of sp³-hybridized carbons (Fsp3) is 0.400. The molecule has 220 valence electrons. The molecule has 7 rings (SSSR count). The number of benzene rings is 1. The van der Waals surface area contributed by atoms with Crippen molar-refractivity contribution in [1.82, 2.24) is 39.1 Å². The number of rotatable bonds is 6. The number of nitriles is 1. The van der Waals surface area contributed by atoms with E-state index in [2.05, 4.69) is 38.4 Å². The van der Waals surface area contributed by atoms with Crippen LogP contribution in [0.1, 0.15) is 28.8 Å². The Balaban J connectivity index is 1.04. The lowest BCUT2D eigenvalue weighted by Crippen LogP contribution is -2.56. The van der Waals surface area contributed by atoms with Gasteiger partial charge in [0.1, 0.15) is 6.54 Å². The Morgan fingerprint density at radius 2 is 1.86 bits per heavy atom. The van der Waals surface area contributed by atoms with Gasteiger partial charge in [-0.15, -0.1) is 5.10 Å². The van der Waals surface area contributed by atoms with E-state index in [1.165, 1.54) is 0 Å². The maximum atomic E-state index is 13.4. The third-order valence-electron chi connectivity index (χ3n) is 8.68. The second kappa shape index (κ2) is 11.0. The quantitative estimate of drug-likeness (QED) is 0.363. The minimum absolute atomic E-state index is 0.0119. The molecule has 3 aliphatic heterocycles. The molecule has 0 aliphatic carbocycles. The van der Waals surface area contributed by atoms with E-state index in [1.807, 2.05) is 28.1 Å². The lowest BCUT2D eigenvalue weighted by molar-refractivity contribution is -0.133. The van der Waals surface area contributed by atoms with E-state index in [-0.39, 0.29) is 30.4 Å². The van der Waals surface area contributed by atoms with E-state index < -0.39 is 0 Å². The normalized spacial score (nSPS) is 20.4. The number of fused-ring (bicyclic) bond motifs is 3. The Labute approximate surface area is 248 Å². The van der Waals surface area contributed by atoms with Crippen LogP contribution < -0.4 is 10.2 Å². The lowest BCUT2D eigenvalue weighted by Gasteiger charge is -2.42. The summed E-state index contributed by atoms with van der Waals surface area (Å²) in [6.45, 7) is 4.82. The first kappa shape index (κ1) is 26.9. The highest BCUT2D eigenvalue weighted by Gasteiger charge is 2.43. The first-order valence-corrected chi connectivity index (χ1v) is 14.6. The van der Waals surface area contributed by atoms with Crippen molar-refractivity contribution in [2.75, 3.05) is 56.5 Å². The van der Waals surface area contributed by atoms with Crippen LogP contribution in [0.2, 0.25) is 0 Å². The molecule has 6 heterocycles. The van der Waals surface area contributed by atoms with Gasteiger partial charge in [-0.25, -0.2) is 4.52 Å². The van der Waals surface area contributed by atoms with Crippen LogP contribution in [-0.2, 0) is 11.3 Å². The minimum Gasteiger partial charge on any atom is -0.364 e. The highest BCUT2D eigenvalue weighted by Crippen LogP contribution is 2.35. The van der Waals surface area contributed by atoms with Gasteiger partial charge in [0.2, 0.25) is 11.9 Å². The first-order valence-electron chi connectivity index (χ1n) is 14.6. The molecule has 0 radical (unpaired) electrons. The van der Waals surface area contributed by atoms with Gasteiger partial charge in [0.05, 0.1) is 29.2 Å². The molecule has 3 fully saturated rings. The van der Waals surface area contributed by atoms with E-state index in [0.29, 0.717) is 35.9 Å². The van der Waals surface area contributed by atoms with Gasteiger partial charge >= 0.3 is 0 Å². The second-order valence-corrected chi connectivity index (χ2v) is 11.5. The van der Waals surface area contributed by atoms with Crippen molar-refractivity contribution in [3.63, 3.8) is 0 Å². The van der Waals surface area contributed by atoms with Crippen LogP contribution >= 0.6 is 0 Å². The number of hydrogen-bond acceptors (Lipinski definition) is 9. The Bertz CT molecular complexity index is 1700. The predicted octanol–water partition coefficient (Wildman–Crippen LogP) is 1.81. The summed E-state index contributed by atoms with van der Waals surface area (Å²) < 4.78 is 3.39. The second-order valence-electron chi connectivity index (χ2n) is 11.5. The monoisotopic (exact) mass is 579 g/mol. The molecule has 1 aromatic carbocycles. The summed E-state index contributed by atoms with van der Waals surface area (Å²) in [7, 11) is 2.07. The summed E-state index contributed by atoms with van der Waals surface area (Å²) in [5.41, 5.74) is 3.45. The van der Waals surface area contributed by atoms with Crippen molar-refractivity contribution in [1.29, 1.82) is 5.26 Å². The van der Waals surface area contributed by atoms with E-state index in [1.54, 1.807) is 45.9 Å². The van der Waals surface area contributed by atoms with Crippen LogP contribution in [0.3, 0.4) is 0 Å². The van der Waals surface area contributed by atoms with Crippen LogP contribution in [0.5, 0.6) is 0 Å². The number of piperazine rings is 2. The number of carbonyl (C=O) groups excluding carboxylic acids is 2. The molecule has 2 unspecified atom stereocenters. The molecule has 43 heavy (non-hydrogen) atoms. The van der Waals surface area contributed by atoms with Gasteiger partial charge in [-0.3, -0.25) is 14.3 Å². The third-order valence-corrected chi connectivity index (χ3v) is 8.68. The zero-order chi connectivity index (χ0) is 29.5. The molecule has 1 N–H and O–H groups in total. The molecule has 2 bridgehead atoms. The summed E-state index contributed by atoms with van der Waals surface area (Å²) >= 11 is 0. The molecule has 2 amide bonds. The minimum atomic E-state index is -0.0119. The number of aromatic nitrogens is 5. The van der Waals surface area contributed by atoms with Gasteiger partial charge in [0, 0.05) is 69.3 Å². The van der Waals surface area contributed by atoms with Crippen molar-refractivity contribution >= 4 is 34.8 Å². The van der Waals surface area contributed by atoms with E-state index in [9.17, 15) is 14.9 Å². The van der Waals surface area contributed by atoms with Crippen LogP contribution in [0.15, 0.2) is 55.0 Å². The molecule has 3 aliphatic rings. The van der Waals surface area contributed by atoms with Gasteiger partial charge in [-0.2, -0.15) is 15.3 Å². The number of likely N-dealkylation sites (N-methyl/N-ethyl adjacent to an activating group) is 1. The van der Waals surface area contributed by atoms with Crippen LogP contribution in [0.25, 0.3) is 5.65 Å². The van der Waals surface area contributed by atoms with Gasteiger partial charge < -0.3 is 24.9 Å². The molecule has 13 heteroatoms. The third kappa shape index (κ3) is 5.25. The van der Waals surface area contributed by atoms with Gasteiger partial charge in [0.25, 0.3) is 5.91 Å². The zero-order valence-electron chi connectivity index (χ0n) is 24.0. The van der Waals surface area contributed by atoms with E-state index >= 15 is 0 Å². The SMILES string of the molecule is CN1CCN(C(=O)Cn2cc(Nc3nc4c(N5CC6CCC(C5)N6C(=O)c5cccc(C#N)c5)cccn4n3)cn2)CC1. The number of hydrogen-bond donors (Lipinski definition) is 1. The fourth-order valence-corrected chi connectivity index (χ4v) is 6.43. The maximum Gasteiger partial charge on any atom is 0.254 e. The Kier molecular flexibility index (Phi) is 6.90. The molecule has 0 saturated carbocycles. The fourth-order valence-electron chi connectivity index (χ4n) is 6.43. The number of pyridine rings is 1. The first-order chi connectivity index (χ1) is 20.9. The average Bonchev–Trinajstić information content (AvgIpc) is 3.72. The number of nitrogens with zero attached hydrogens (tertiary/aromatic N) is 10. The number of amides is 2. The predicted molar refractivity (Wildman–Crippen MR) is 159 cm³/mol. The van der Waals surface area contributed by atoms with Gasteiger partial charge in [0.15, 0.2) is 5.65 Å². The van der Waals surface area contributed by atoms with Gasteiger partial charge in [-0.1, -0.05) is 6.07 Å². The lowest BCUT2D eigenvalue weighted by atomic mass is 10.1. The van der Waals surface area contributed by atoms with Crippen molar-refractivity contribution in [3.05, 3.63) is 66.1 Å². The van der Waals surface area contributed by atoms with Crippen molar-refractivity contribution in [2.45, 2.75) is 31.5 Å². The number of anilines is 3. The van der Waals surface area contributed by atoms with Crippen molar-refractivity contribution < 1.29 is 9.59 Å². The molecular weight excluding hydrogens is 546 g/mol. The molecular formula is C30H33N11O2. The van der Waals surface area contributed by atoms with E-state index in [0.717, 1.165) is 50.4 Å². The smallest absolute Gasteiger partial charge is 0.254 e. The zero-order valence-corrected chi connectivity index (χ0v) is 24.0. The van der Waals surface area contributed by atoms with Crippen molar-refractivity contribution in [2.24, 2.45) is 0 Å². The molecule has 0 spiro atoms. The number of nitrogens with one attached hydrogen (secondary N) is 1. The topological polar surface area (TPSA) is 131 Å². The molecule has 2 atom stereocenters. The average molecular weight is 580 g/mol. The Hall–Kier alpha value is -4.96. The van der Waals surface area contributed by atoms with Crippen molar-refractivity contribution in [3.8, 4) is 6.07 Å². The molecule has 3 saturated heterocycles. The standard InChI is InChI=1S/C30H33N11O2/c1-36-10-12-37(13-11-36)27(42)20-39-17-23(16-32-39)33-30-34-28-26(6-3-9-40(28)35-30)38-18-24-7-8-25(19-38)41(24)29(43)22-5-2-4-21(14-22)15-31/h2-6,9,14,16-17,24-25H,7-8,10-13,18-20H2,1H3,(H,33,35). The summed E-state index contributed by atoms with van der Waals surface area (Å²) in [4.78, 5) is 39.4. The largest absolute Gasteiger partial charge is 0.364 e. The highest BCUT2D eigenvalue weighted by molar-refractivity contribution is 5.95. The van der Waals surface area contributed by atoms with Gasteiger partial charge in [-0.05, 0) is 50.2 Å². The Morgan fingerprint density at radius 3 is 2.63 bits per heavy atom. The maximum absolute atomic E-state index is 13.4. The summed E-state index contributed by atoms with van der Waals surface area (Å²) in [6, 6.07) is 13.2. The highest BCUT2D eigenvalue weighted by atomic mass is 16.2. The molecule has 3 aromatic heterocycles. The molecule has 13 nitrogen and oxygen atoms in total. The van der Waals surface area contributed by atoms with Crippen LogP contribution in [0, 0.1) is 11.3 Å². The molecule has 4 aromatic rings. The number of carbonyl (C=O) groups is 2. The summed E-state index contributed by atoms with van der Waals surface area (Å²) in [5.74, 6) is 0.485.